The van der Waals surface area contributed by atoms with E-state index in [9.17, 15) is 0 Å². The Balaban J connectivity index is 1.25. The van der Waals surface area contributed by atoms with Gasteiger partial charge in [-0.05, 0) is 97.3 Å². The maximum absolute atomic E-state index is 5.36. The maximum Gasteiger partial charge on any atom is 0.146 e. The van der Waals surface area contributed by atoms with Crippen molar-refractivity contribution in [2.75, 3.05) is 0 Å². The minimum absolute atomic E-state index is 0.357. The van der Waals surface area contributed by atoms with Crippen molar-refractivity contribution < 1.29 is 0 Å². The topological polar surface area (TPSA) is 30.2 Å². The molecule has 0 saturated heterocycles. The van der Waals surface area contributed by atoms with Gasteiger partial charge in [-0.1, -0.05) is 128 Å². The number of hydrogen-bond donors (Lipinski definition) is 0. The highest BCUT2D eigenvalue weighted by atomic mass is 15.1. The summed E-state index contributed by atoms with van der Waals surface area (Å²) >= 11 is 0. The van der Waals surface area contributed by atoms with Crippen molar-refractivity contribution in [1.82, 2.24) is 14.4 Å². The van der Waals surface area contributed by atoms with Crippen molar-refractivity contribution in [1.29, 1.82) is 0 Å². The van der Waals surface area contributed by atoms with Crippen LogP contribution in [0, 0.1) is 0 Å². The lowest BCUT2D eigenvalue weighted by molar-refractivity contribution is 0.762. The zero-order valence-corrected chi connectivity index (χ0v) is 26.6. The van der Waals surface area contributed by atoms with Crippen LogP contribution in [0.5, 0.6) is 0 Å². The molecule has 2 heterocycles. The Morgan fingerprint density at radius 3 is 1.94 bits per heavy atom. The number of fused-ring (bicyclic) bond motifs is 8. The van der Waals surface area contributed by atoms with Gasteiger partial charge in [0.1, 0.15) is 11.5 Å². The smallest absolute Gasteiger partial charge is 0.146 e. The molecule has 10 rings (SSSR count). The molecule has 1 unspecified atom stereocenters. The number of para-hydroxylation sites is 2. The predicted octanol–water partition coefficient (Wildman–Crippen LogP) is 11.9. The number of imidazole rings is 1. The van der Waals surface area contributed by atoms with Crippen LogP contribution in [0.4, 0.5) is 0 Å². The Labute approximate surface area is 278 Å². The Morgan fingerprint density at radius 1 is 0.562 bits per heavy atom. The Hall–Kier alpha value is -6.06. The van der Waals surface area contributed by atoms with Crippen LogP contribution in [0.15, 0.2) is 146 Å². The molecule has 1 aliphatic rings. The van der Waals surface area contributed by atoms with Gasteiger partial charge in [-0.2, -0.15) is 0 Å². The fourth-order valence-electron chi connectivity index (χ4n) is 7.96. The van der Waals surface area contributed by atoms with E-state index in [1.165, 1.54) is 60.1 Å². The van der Waals surface area contributed by atoms with E-state index in [2.05, 4.69) is 163 Å². The molecule has 0 N–H and O–H groups in total. The third-order valence-corrected chi connectivity index (χ3v) is 10.2. The normalized spacial score (nSPS) is 14.4. The molecule has 0 spiro atoms. The second kappa shape index (κ2) is 10.5. The molecular weight excluding hydrogens is 583 g/mol. The highest BCUT2D eigenvalue weighted by Gasteiger charge is 2.24. The van der Waals surface area contributed by atoms with E-state index in [-0.39, 0.29) is 0 Å². The molecule has 7 aromatic carbocycles. The van der Waals surface area contributed by atoms with E-state index in [0.29, 0.717) is 5.92 Å². The van der Waals surface area contributed by atoms with Crippen molar-refractivity contribution in [2.45, 2.75) is 19.3 Å². The number of nitrogens with zero attached hydrogens (tertiary/aromatic N) is 3. The summed E-state index contributed by atoms with van der Waals surface area (Å²) in [6.07, 6.45) is 5.42. The standard InChI is InChI=1S/C45H31N3/c1-28-12-10-22-39-41(28)45-46-38-21-8-9-23-40(38)48(45)44(47-39)33-16-11-15-31(27-33)42-34-17-4-6-19-36(34)43(37-20-7-5-18-35(37)42)32-25-24-29-13-2-3-14-30(29)26-32/h2-11,13-28H,12H2,1H3. The van der Waals surface area contributed by atoms with Gasteiger partial charge in [0.05, 0.1) is 16.7 Å². The quantitative estimate of drug-likeness (QED) is 0.186. The van der Waals surface area contributed by atoms with E-state index < -0.39 is 0 Å². The summed E-state index contributed by atoms with van der Waals surface area (Å²) in [5, 5.41) is 7.49. The molecule has 3 nitrogen and oxygen atoms in total. The molecule has 0 fully saturated rings. The Morgan fingerprint density at radius 2 is 1.19 bits per heavy atom. The van der Waals surface area contributed by atoms with Gasteiger partial charge in [-0.25, -0.2) is 9.97 Å². The molecule has 1 atom stereocenters. The molecule has 48 heavy (non-hydrogen) atoms. The fraction of sp³-hybridized carbons (Fsp3) is 0.0667. The van der Waals surface area contributed by atoms with Crippen molar-refractivity contribution in [3.05, 3.63) is 157 Å². The third kappa shape index (κ3) is 4.01. The number of hydrogen-bond acceptors (Lipinski definition) is 2. The molecule has 0 amide bonds. The zero-order valence-electron chi connectivity index (χ0n) is 26.6. The van der Waals surface area contributed by atoms with Crippen molar-refractivity contribution in [3.63, 3.8) is 0 Å². The Bertz CT molecular complexity index is 2730. The summed E-state index contributed by atoms with van der Waals surface area (Å²) in [6.45, 7) is 2.28. The summed E-state index contributed by atoms with van der Waals surface area (Å²) in [5.41, 5.74) is 11.3. The van der Waals surface area contributed by atoms with Crippen LogP contribution in [0.2, 0.25) is 0 Å². The van der Waals surface area contributed by atoms with Crippen LogP contribution in [-0.2, 0) is 0 Å². The van der Waals surface area contributed by atoms with Gasteiger partial charge in [0.15, 0.2) is 0 Å². The van der Waals surface area contributed by atoms with Crippen LogP contribution in [-0.4, -0.2) is 14.4 Å². The number of allylic oxidation sites excluding steroid dienone is 1. The second-order valence-electron chi connectivity index (χ2n) is 13.0. The third-order valence-electron chi connectivity index (χ3n) is 10.2. The summed E-state index contributed by atoms with van der Waals surface area (Å²) < 4.78 is 2.28. The SMILES string of the molecule is CC1CC=Cc2nc(-c3cccc(-c4c5ccccc5c(-c5ccc6ccccc6c5)c5ccccc45)c3)n3c(nc4ccccc43)c21. The average molecular weight is 614 g/mol. The number of rotatable bonds is 3. The van der Waals surface area contributed by atoms with Crippen molar-refractivity contribution in [3.8, 4) is 33.6 Å². The first-order valence-corrected chi connectivity index (χ1v) is 16.7. The van der Waals surface area contributed by atoms with Gasteiger partial charge in [0.25, 0.3) is 0 Å². The first-order chi connectivity index (χ1) is 23.7. The van der Waals surface area contributed by atoms with E-state index in [1.54, 1.807) is 0 Å². The van der Waals surface area contributed by atoms with Gasteiger partial charge < -0.3 is 0 Å². The largest absolute Gasteiger partial charge is 0.276 e. The van der Waals surface area contributed by atoms with Crippen molar-refractivity contribution >= 4 is 55.1 Å². The molecule has 1 aliphatic carbocycles. The molecule has 9 aromatic rings. The molecule has 226 valence electrons. The number of aromatic nitrogens is 3. The van der Waals surface area contributed by atoms with Crippen LogP contribution >= 0.6 is 0 Å². The predicted molar refractivity (Wildman–Crippen MR) is 201 cm³/mol. The molecule has 0 radical (unpaired) electrons. The fourth-order valence-corrected chi connectivity index (χ4v) is 7.96. The first-order valence-electron chi connectivity index (χ1n) is 16.7. The first kappa shape index (κ1) is 27.1. The van der Waals surface area contributed by atoms with Crippen LogP contribution in [0.25, 0.3) is 88.7 Å². The van der Waals surface area contributed by atoms with E-state index in [0.717, 1.165) is 40.2 Å². The molecule has 2 aromatic heterocycles. The van der Waals surface area contributed by atoms with Gasteiger partial charge >= 0.3 is 0 Å². The molecule has 0 bridgehead atoms. The summed E-state index contributed by atoms with van der Waals surface area (Å²) in [6, 6.07) is 50.6. The highest BCUT2D eigenvalue weighted by Crippen LogP contribution is 2.45. The van der Waals surface area contributed by atoms with Crippen LogP contribution in [0.1, 0.15) is 30.5 Å². The van der Waals surface area contributed by atoms with E-state index in [4.69, 9.17) is 9.97 Å². The van der Waals surface area contributed by atoms with E-state index >= 15 is 0 Å². The lowest BCUT2D eigenvalue weighted by Crippen LogP contribution is -2.09. The van der Waals surface area contributed by atoms with Gasteiger partial charge in [-0.3, -0.25) is 4.40 Å². The maximum atomic E-state index is 5.36. The molecular formula is C45H31N3. The summed E-state index contributed by atoms with van der Waals surface area (Å²) in [4.78, 5) is 10.5. The minimum atomic E-state index is 0.357. The second-order valence-corrected chi connectivity index (χ2v) is 13.0. The molecule has 0 aliphatic heterocycles. The van der Waals surface area contributed by atoms with Gasteiger partial charge in [-0.15, -0.1) is 0 Å². The molecule has 0 saturated carbocycles. The lowest BCUT2D eigenvalue weighted by atomic mass is 9.85. The summed E-state index contributed by atoms with van der Waals surface area (Å²) in [5.74, 6) is 1.27. The van der Waals surface area contributed by atoms with Crippen molar-refractivity contribution in [2.24, 2.45) is 0 Å². The lowest BCUT2D eigenvalue weighted by Gasteiger charge is -2.20. The van der Waals surface area contributed by atoms with E-state index in [1.807, 2.05) is 0 Å². The van der Waals surface area contributed by atoms with Gasteiger partial charge in [0.2, 0.25) is 0 Å². The van der Waals surface area contributed by atoms with Gasteiger partial charge in [0, 0.05) is 11.1 Å². The zero-order chi connectivity index (χ0) is 31.8. The summed E-state index contributed by atoms with van der Waals surface area (Å²) in [7, 11) is 0. The highest BCUT2D eigenvalue weighted by molar-refractivity contribution is 6.21. The van der Waals surface area contributed by atoms with Crippen LogP contribution < -0.4 is 0 Å². The average Bonchev–Trinajstić information content (AvgIpc) is 3.53. The Kier molecular flexibility index (Phi) is 5.91. The number of benzene rings is 7. The van der Waals surface area contributed by atoms with Crippen LogP contribution in [0.3, 0.4) is 0 Å². The monoisotopic (exact) mass is 613 g/mol. The minimum Gasteiger partial charge on any atom is -0.276 e. The molecule has 3 heteroatoms.